The fourth-order valence-corrected chi connectivity index (χ4v) is 3.47. The van der Waals surface area contributed by atoms with Gasteiger partial charge >= 0.3 is 0 Å². The summed E-state index contributed by atoms with van der Waals surface area (Å²) in [6, 6.07) is 16.7. The minimum atomic E-state index is -0.246. The van der Waals surface area contributed by atoms with Crippen LogP contribution in [0, 0.1) is 5.92 Å². The van der Waals surface area contributed by atoms with Crippen molar-refractivity contribution >= 4 is 17.5 Å². The van der Waals surface area contributed by atoms with Gasteiger partial charge in [0.15, 0.2) is 0 Å². The van der Waals surface area contributed by atoms with E-state index in [1.54, 1.807) is 0 Å². The standard InChI is InChI=1S/C22H27N3O3/c1-16(25-13-11-17(12-14-25)15-21(23)26)22(27)24-18-7-9-20(10-8-18)28-19-5-3-2-4-6-19/h2-10,16-17H,11-15H2,1H3,(H2,23,26)(H,24,27)/t16-/m1/s1. The van der Waals surface area contributed by atoms with Crippen LogP contribution in [0.25, 0.3) is 0 Å². The first-order valence-electron chi connectivity index (χ1n) is 9.67. The van der Waals surface area contributed by atoms with E-state index < -0.39 is 0 Å². The molecule has 6 nitrogen and oxygen atoms in total. The molecule has 2 aromatic carbocycles. The SMILES string of the molecule is C[C@H](C(=O)Nc1ccc(Oc2ccccc2)cc1)N1CCC(CC(N)=O)CC1. The number of nitrogens with zero attached hydrogens (tertiary/aromatic N) is 1. The molecule has 0 aromatic heterocycles. The highest BCUT2D eigenvalue weighted by Crippen LogP contribution is 2.24. The highest BCUT2D eigenvalue weighted by Gasteiger charge is 2.27. The molecule has 0 unspecified atom stereocenters. The van der Waals surface area contributed by atoms with Crippen molar-refractivity contribution in [2.75, 3.05) is 18.4 Å². The number of hydrogen-bond acceptors (Lipinski definition) is 4. The highest BCUT2D eigenvalue weighted by molar-refractivity contribution is 5.94. The van der Waals surface area contributed by atoms with Gasteiger partial charge in [0.2, 0.25) is 11.8 Å². The van der Waals surface area contributed by atoms with Crippen molar-refractivity contribution in [3.63, 3.8) is 0 Å². The van der Waals surface area contributed by atoms with Gasteiger partial charge in [-0.05, 0) is 75.2 Å². The molecule has 3 N–H and O–H groups in total. The Balaban J connectivity index is 1.49. The first-order valence-corrected chi connectivity index (χ1v) is 9.67. The van der Waals surface area contributed by atoms with E-state index >= 15 is 0 Å². The summed E-state index contributed by atoms with van der Waals surface area (Å²) in [6.07, 6.45) is 2.23. The Morgan fingerprint density at radius 3 is 2.29 bits per heavy atom. The number of amides is 2. The van der Waals surface area contributed by atoms with Crippen LogP contribution in [0.1, 0.15) is 26.2 Å². The lowest BCUT2D eigenvalue weighted by atomic mass is 9.92. The van der Waals surface area contributed by atoms with E-state index in [4.69, 9.17) is 10.5 Å². The lowest BCUT2D eigenvalue weighted by Crippen LogP contribution is -2.46. The molecule has 1 heterocycles. The fraction of sp³-hybridized carbons (Fsp3) is 0.364. The first-order chi connectivity index (χ1) is 13.5. The number of hydrogen-bond donors (Lipinski definition) is 2. The topological polar surface area (TPSA) is 84.7 Å². The van der Waals surface area contributed by atoms with Crippen molar-refractivity contribution in [1.82, 2.24) is 4.90 Å². The van der Waals surface area contributed by atoms with E-state index in [-0.39, 0.29) is 17.9 Å². The van der Waals surface area contributed by atoms with Crippen LogP contribution in [0.4, 0.5) is 5.69 Å². The lowest BCUT2D eigenvalue weighted by molar-refractivity contribution is -0.122. The second-order valence-electron chi connectivity index (χ2n) is 7.25. The molecule has 148 valence electrons. The molecule has 1 aliphatic rings. The van der Waals surface area contributed by atoms with Crippen LogP contribution in [-0.2, 0) is 9.59 Å². The predicted molar refractivity (Wildman–Crippen MR) is 109 cm³/mol. The maximum absolute atomic E-state index is 12.6. The molecule has 2 amide bonds. The minimum absolute atomic E-state index is 0.0370. The molecule has 1 saturated heterocycles. The number of piperidine rings is 1. The van der Waals surface area contributed by atoms with Crippen molar-refractivity contribution in [2.24, 2.45) is 11.7 Å². The second-order valence-corrected chi connectivity index (χ2v) is 7.25. The molecular weight excluding hydrogens is 354 g/mol. The Hall–Kier alpha value is -2.86. The summed E-state index contributed by atoms with van der Waals surface area (Å²) in [6.45, 7) is 3.52. The number of likely N-dealkylation sites (tertiary alicyclic amines) is 1. The third-order valence-electron chi connectivity index (χ3n) is 5.17. The number of nitrogens with one attached hydrogen (secondary N) is 1. The van der Waals surface area contributed by atoms with Crippen molar-refractivity contribution in [2.45, 2.75) is 32.2 Å². The normalized spacial score (nSPS) is 16.3. The molecule has 0 spiro atoms. The molecule has 0 saturated carbocycles. The van der Waals surface area contributed by atoms with Gasteiger partial charge in [0.1, 0.15) is 11.5 Å². The summed E-state index contributed by atoms with van der Waals surface area (Å²) in [7, 11) is 0. The van der Waals surface area contributed by atoms with Crippen molar-refractivity contribution in [3.8, 4) is 11.5 Å². The highest BCUT2D eigenvalue weighted by atomic mass is 16.5. The third-order valence-corrected chi connectivity index (χ3v) is 5.17. The van der Waals surface area contributed by atoms with Crippen LogP contribution in [0.5, 0.6) is 11.5 Å². The average Bonchev–Trinajstić information content (AvgIpc) is 2.70. The van der Waals surface area contributed by atoms with E-state index in [0.29, 0.717) is 18.1 Å². The van der Waals surface area contributed by atoms with Crippen molar-refractivity contribution in [3.05, 3.63) is 54.6 Å². The van der Waals surface area contributed by atoms with Gasteiger partial charge in [-0.3, -0.25) is 14.5 Å². The Morgan fingerprint density at radius 2 is 1.68 bits per heavy atom. The zero-order valence-electron chi connectivity index (χ0n) is 16.1. The molecule has 28 heavy (non-hydrogen) atoms. The molecule has 2 aromatic rings. The zero-order valence-corrected chi connectivity index (χ0v) is 16.1. The van der Waals surface area contributed by atoms with Gasteiger partial charge in [-0.2, -0.15) is 0 Å². The van der Waals surface area contributed by atoms with Gasteiger partial charge in [0.25, 0.3) is 0 Å². The van der Waals surface area contributed by atoms with Crippen LogP contribution in [0.15, 0.2) is 54.6 Å². The van der Waals surface area contributed by atoms with E-state index in [2.05, 4.69) is 10.2 Å². The van der Waals surface area contributed by atoms with E-state index in [1.807, 2.05) is 61.5 Å². The van der Waals surface area contributed by atoms with Crippen LogP contribution in [0.3, 0.4) is 0 Å². The quantitative estimate of drug-likeness (QED) is 0.770. The molecule has 6 heteroatoms. The second kappa shape index (κ2) is 9.37. The molecule has 1 fully saturated rings. The van der Waals surface area contributed by atoms with Gasteiger partial charge in [-0.15, -0.1) is 0 Å². The van der Waals surface area contributed by atoms with E-state index in [9.17, 15) is 9.59 Å². The number of benzene rings is 2. The molecule has 0 aliphatic carbocycles. The average molecular weight is 381 g/mol. The van der Waals surface area contributed by atoms with Crippen LogP contribution < -0.4 is 15.8 Å². The van der Waals surface area contributed by atoms with Crippen LogP contribution >= 0.6 is 0 Å². The Kier molecular flexibility index (Phi) is 6.66. The first kappa shape index (κ1) is 19.9. The number of primary amides is 1. The largest absolute Gasteiger partial charge is 0.457 e. The fourth-order valence-electron chi connectivity index (χ4n) is 3.47. The smallest absolute Gasteiger partial charge is 0.241 e. The summed E-state index contributed by atoms with van der Waals surface area (Å²) < 4.78 is 5.76. The summed E-state index contributed by atoms with van der Waals surface area (Å²) in [5.74, 6) is 1.54. The number of rotatable bonds is 7. The summed E-state index contributed by atoms with van der Waals surface area (Å²) in [4.78, 5) is 25.8. The Labute approximate surface area is 165 Å². The summed E-state index contributed by atoms with van der Waals surface area (Å²) in [5.41, 5.74) is 6.02. The van der Waals surface area contributed by atoms with Crippen molar-refractivity contribution < 1.29 is 14.3 Å². The number of carbonyl (C=O) groups excluding carboxylic acids is 2. The van der Waals surface area contributed by atoms with E-state index in [0.717, 1.165) is 37.4 Å². The molecule has 1 aliphatic heterocycles. The summed E-state index contributed by atoms with van der Waals surface area (Å²) >= 11 is 0. The van der Waals surface area contributed by atoms with Gasteiger partial charge in [0.05, 0.1) is 6.04 Å². The number of ether oxygens (including phenoxy) is 1. The number of nitrogens with two attached hydrogens (primary N) is 1. The number of carbonyl (C=O) groups is 2. The van der Waals surface area contributed by atoms with Gasteiger partial charge in [-0.1, -0.05) is 18.2 Å². The van der Waals surface area contributed by atoms with E-state index in [1.165, 1.54) is 0 Å². The monoisotopic (exact) mass is 381 g/mol. The maximum Gasteiger partial charge on any atom is 0.241 e. The molecule has 1 atom stereocenters. The molecular formula is C22H27N3O3. The predicted octanol–water partition coefficient (Wildman–Crippen LogP) is 3.39. The molecule has 0 radical (unpaired) electrons. The van der Waals surface area contributed by atoms with Crippen LogP contribution in [0.2, 0.25) is 0 Å². The van der Waals surface area contributed by atoms with Gasteiger partial charge in [-0.25, -0.2) is 0 Å². The zero-order chi connectivity index (χ0) is 19.9. The van der Waals surface area contributed by atoms with Crippen molar-refractivity contribution in [1.29, 1.82) is 0 Å². The Bertz CT molecular complexity index is 784. The maximum atomic E-state index is 12.6. The lowest BCUT2D eigenvalue weighted by Gasteiger charge is -2.35. The summed E-state index contributed by atoms with van der Waals surface area (Å²) in [5, 5.41) is 2.96. The molecule has 0 bridgehead atoms. The van der Waals surface area contributed by atoms with Gasteiger partial charge < -0.3 is 15.8 Å². The minimum Gasteiger partial charge on any atom is -0.457 e. The molecule has 3 rings (SSSR count). The number of anilines is 1. The number of para-hydroxylation sites is 1. The van der Waals surface area contributed by atoms with Crippen LogP contribution in [-0.4, -0.2) is 35.8 Å². The Morgan fingerprint density at radius 1 is 1.07 bits per heavy atom. The van der Waals surface area contributed by atoms with Gasteiger partial charge in [0, 0.05) is 12.1 Å². The third kappa shape index (κ3) is 5.57.